The lowest BCUT2D eigenvalue weighted by atomic mass is 9.90. The molecular weight excluding hydrogens is 504 g/mol. The number of aromatic nitrogens is 4. The van der Waals surface area contributed by atoms with Crippen molar-refractivity contribution in [1.82, 2.24) is 24.4 Å². The van der Waals surface area contributed by atoms with E-state index < -0.39 is 36.3 Å². The third-order valence-electron chi connectivity index (χ3n) is 7.37. The second-order valence-corrected chi connectivity index (χ2v) is 9.79. The molecule has 1 atom stereocenters. The number of carbonyl (C=O) groups excluding carboxylic acids is 1. The third-order valence-corrected chi connectivity index (χ3v) is 7.37. The topological polar surface area (TPSA) is 79.2 Å². The molecule has 0 bridgehead atoms. The molecule has 5 heterocycles. The van der Waals surface area contributed by atoms with Crippen LogP contribution in [0.3, 0.4) is 0 Å². The molecular formula is C23H27F6N7O. The molecule has 0 saturated carbocycles. The van der Waals surface area contributed by atoms with Crippen LogP contribution < -0.4 is 10.2 Å². The SMILES string of the molecule is O=C1C[C@@H](C(F)(F)F)c2c(ncnc2N2CCC(c3nc(C(F)(F)F)cn3CCN3CCCC3)CC2)N1. The second kappa shape index (κ2) is 9.76. The van der Waals surface area contributed by atoms with E-state index in [9.17, 15) is 31.1 Å². The van der Waals surface area contributed by atoms with Crippen LogP contribution in [-0.4, -0.2) is 69.2 Å². The van der Waals surface area contributed by atoms with Crippen molar-refractivity contribution in [2.75, 3.05) is 42.9 Å². The van der Waals surface area contributed by atoms with Gasteiger partial charge in [-0.25, -0.2) is 15.0 Å². The summed E-state index contributed by atoms with van der Waals surface area (Å²) in [6, 6.07) is 0. The molecule has 0 aromatic carbocycles. The molecule has 2 fully saturated rings. The van der Waals surface area contributed by atoms with Crippen molar-refractivity contribution < 1.29 is 31.1 Å². The van der Waals surface area contributed by atoms with Gasteiger partial charge in [0.2, 0.25) is 5.91 Å². The van der Waals surface area contributed by atoms with Crippen LogP contribution in [0.1, 0.15) is 61.0 Å². The Hall–Kier alpha value is -2.90. The van der Waals surface area contributed by atoms with E-state index in [4.69, 9.17) is 0 Å². The van der Waals surface area contributed by atoms with Crippen molar-refractivity contribution >= 4 is 17.5 Å². The van der Waals surface area contributed by atoms with Crippen LogP contribution in [0, 0.1) is 0 Å². The number of hydrogen-bond donors (Lipinski definition) is 1. The van der Waals surface area contributed by atoms with Crippen LogP contribution in [0.2, 0.25) is 0 Å². The van der Waals surface area contributed by atoms with Crippen LogP contribution >= 0.6 is 0 Å². The fourth-order valence-electron chi connectivity index (χ4n) is 5.49. The van der Waals surface area contributed by atoms with Gasteiger partial charge in [0.15, 0.2) is 5.69 Å². The molecule has 0 radical (unpaired) electrons. The first kappa shape index (κ1) is 25.7. The number of piperidine rings is 1. The van der Waals surface area contributed by atoms with Crippen LogP contribution in [0.25, 0.3) is 0 Å². The summed E-state index contributed by atoms with van der Waals surface area (Å²) in [5.74, 6) is -2.77. The number of rotatable bonds is 5. The van der Waals surface area contributed by atoms with E-state index in [1.165, 1.54) is 0 Å². The molecule has 8 nitrogen and oxygen atoms in total. The quantitative estimate of drug-likeness (QED) is 0.584. The van der Waals surface area contributed by atoms with E-state index in [0.29, 0.717) is 31.8 Å². The van der Waals surface area contributed by atoms with E-state index in [2.05, 4.69) is 25.2 Å². The maximum absolute atomic E-state index is 13.8. The van der Waals surface area contributed by atoms with Crippen LogP contribution in [0.15, 0.2) is 12.5 Å². The Bertz CT molecular complexity index is 1130. The zero-order valence-electron chi connectivity index (χ0n) is 19.9. The first-order chi connectivity index (χ1) is 17.5. The average molecular weight is 532 g/mol. The Kier molecular flexibility index (Phi) is 6.79. The zero-order chi connectivity index (χ0) is 26.4. The van der Waals surface area contributed by atoms with Crippen molar-refractivity contribution in [2.24, 2.45) is 0 Å². The highest BCUT2D eigenvalue weighted by Gasteiger charge is 2.48. The summed E-state index contributed by atoms with van der Waals surface area (Å²) in [5, 5.41) is 2.40. The van der Waals surface area contributed by atoms with Gasteiger partial charge in [0, 0.05) is 44.7 Å². The van der Waals surface area contributed by atoms with Crippen molar-refractivity contribution in [3.8, 4) is 0 Å². The molecule has 0 aliphatic carbocycles. The number of nitrogens with zero attached hydrogens (tertiary/aromatic N) is 6. The second-order valence-electron chi connectivity index (χ2n) is 9.79. The molecule has 0 unspecified atom stereocenters. The van der Waals surface area contributed by atoms with Gasteiger partial charge in [-0.1, -0.05) is 0 Å². The zero-order valence-corrected chi connectivity index (χ0v) is 19.9. The highest BCUT2D eigenvalue weighted by Crippen LogP contribution is 2.46. The predicted molar refractivity (Wildman–Crippen MR) is 121 cm³/mol. The minimum Gasteiger partial charge on any atom is -0.356 e. The van der Waals surface area contributed by atoms with E-state index >= 15 is 0 Å². The lowest BCUT2D eigenvalue weighted by molar-refractivity contribution is -0.156. The Morgan fingerprint density at radius 1 is 0.973 bits per heavy atom. The highest BCUT2D eigenvalue weighted by atomic mass is 19.4. The maximum atomic E-state index is 13.8. The number of imidazole rings is 1. The van der Waals surface area contributed by atoms with Crippen LogP contribution in [0.5, 0.6) is 0 Å². The Labute approximate surface area is 209 Å². The van der Waals surface area contributed by atoms with Gasteiger partial charge in [0.1, 0.15) is 23.8 Å². The molecule has 1 N–H and O–H groups in total. The number of hydrogen-bond acceptors (Lipinski definition) is 6. The average Bonchev–Trinajstić information content (AvgIpc) is 3.51. The Morgan fingerprint density at radius 3 is 2.32 bits per heavy atom. The maximum Gasteiger partial charge on any atom is 0.434 e. The first-order valence-corrected chi connectivity index (χ1v) is 12.3. The number of amides is 1. The van der Waals surface area contributed by atoms with Gasteiger partial charge in [-0.05, 0) is 38.8 Å². The molecule has 14 heteroatoms. The largest absolute Gasteiger partial charge is 0.434 e. The number of anilines is 2. The number of nitrogens with one attached hydrogen (secondary N) is 1. The number of carbonyl (C=O) groups is 1. The smallest absolute Gasteiger partial charge is 0.356 e. The van der Waals surface area contributed by atoms with Gasteiger partial charge in [0.25, 0.3) is 0 Å². The molecule has 0 spiro atoms. The van der Waals surface area contributed by atoms with Crippen molar-refractivity contribution in [1.29, 1.82) is 0 Å². The number of fused-ring (bicyclic) bond motifs is 1. The van der Waals surface area contributed by atoms with Crippen molar-refractivity contribution in [3.63, 3.8) is 0 Å². The summed E-state index contributed by atoms with van der Waals surface area (Å²) >= 11 is 0. The normalized spacial score (nSPS) is 21.8. The fourth-order valence-corrected chi connectivity index (χ4v) is 5.49. The number of halogens is 6. The van der Waals surface area contributed by atoms with Gasteiger partial charge in [-0.15, -0.1) is 0 Å². The summed E-state index contributed by atoms with van der Waals surface area (Å²) in [6.45, 7) is 3.45. The summed E-state index contributed by atoms with van der Waals surface area (Å²) in [4.78, 5) is 27.7. The highest BCUT2D eigenvalue weighted by molar-refractivity contribution is 5.94. The van der Waals surface area contributed by atoms with Crippen molar-refractivity contribution in [2.45, 2.75) is 62.8 Å². The number of likely N-dealkylation sites (tertiary alicyclic amines) is 1. The molecule has 2 saturated heterocycles. The third kappa shape index (κ3) is 5.39. The van der Waals surface area contributed by atoms with Gasteiger partial charge in [-0.2, -0.15) is 26.3 Å². The molecule has 1 amide bonds. The Balaban J connectivity index is 1.35. The van der Waals surface area contributed by atoms with E-state index in [0.717, 1.165) is 38.5 Å². The summed E-state index contributed by atoms with van der Waals surface area (Å²) in [7, 11) is 0. The number of alkyl halides is 6. The molecule has 202 valence electrons. The van der Waals surface area contributed by atoms with Crippen molar-refractivity contribution in [3.05, 3.63) is 29.6 Å². The molecule has 5 rings (SSSR count). The lowest BCUT2D eigenvalue weighted by Crippen LogP contribution is -2.38. The van der Waals surface area contributed by atoms with E-state index in [-0.39, 0.29) is 36.2 Å². The monoisotopic (exact) mass is 531 g/mol. The summed E-state index contributed by atoms with van der Waals surface area (Å²) in [6.07, 6.45) is -4.83. The Morgan fingerprint density at radius 2 is 1.68 bits per heavy atom. The molecule has 2 aromatic rings. The predicted octanol–water partition coefficient (Wildman–Crippen LogP) is 4.16. The van der Waals surface area contributed by atoms with E-state index in [1.54, 1.807) is 9.47 Å². The standard InChI is InChI=1S/C23H27F6N7O/c24-22(25,26)15-11-17(37)33-19-18(15)21(31-13-30-19)35-7-3-14(4-8-35)20-32-16(23(27,28)29)12-36(20)10-9-34-5-1-2-6-34/h12-15H,1-11H2,(H,30,31,33,37)/t15-/m1/s1. The molecule has 3 aliphatic rings. The summed E-state index contributed by atoms with van der Waals surface area (Å²) in [5.41, 5.74) is -1.10. The lowest BCUT2D eigenvalue weighted by Gasteiger charge is -2.36. The van der Waals surface area contributed by atoms with Gasteiger partial charge >= 0.3 is 12.4 Å². The van der Waals surface area contributed by atoms with Gasteiger partial charge in [-0.3, -0.25) is 4.79 Å². The van der Waals surface area contributed by atoms with E-state index in [1.807, 2.05) is 0 Å². The molecule has 3 aliphatic heterocycles. The summed E-state index contributed by atoms with van der Waals surface area (Å²) < 4.78 is 83.4. The molecule has 37 heavy (non-hydrogen) atoms. The van der Waals surface area contributed by atoms with Crippen LogP contribution in [-0.2, 0) is 17.5 Å². The molecule has 2 aromatic heterocycles. The van der Waals surface area contributed by atoms with Gasteiger partial charge < -0.3 is 19.7 Å². The minimum atomic E-state index is -4.65. The van der Waals surface area contributed by atoms with Crippen LogP contribution in [0.4, 0.5) is 38.0 Å². The minimum absolute atomic E-state index is 0.0964. The first-order valence-electron chi connectivity index (χ1n) is 12.3. The fraction of sp³-hybridized carbons (Fsp3) is 0.652. The van der Waals surface area contributed by atoms with Gasteiger partial charge in [0.05, 0.1) is 11.5 Å².